The topological polar surface area (TPSA) is 47.6 Å². The van der Waals surface area contributed by atoms with E-state index in [-0.39, 0.29) is 0 Å². The number of rotatable bonds is 2. The first-order valence-corrected chi connectivity index (χ1v) is 3.74. The molecule has 12 heavy (non-hydrogen) atoms. The number of anilines is 1. The highest BCUT2D eigenvalue weighted by atomic mass is 35.5. The van der Waals surface area contributed by atoms with Crippen molar-refractivity contribution in [2.75, 3.05) is 12.8 Å². The van der Waals surface area contributed by atoms with Crippen LogP contribution in [0.25, 0.3) is 0 Å². The Morgan fingerprint density at radius 2 is 2.33 bits per heavy atom. The molecule has 3 nitrogen and oxygen atoms in total. The van der Waals surface area contributed by atoms with Gasteiger partial charge in [0, 0.05) is 11.3 Å². The molecule has 1 rings (SSSR count). The Kier molecular flexibility index (Phi) is 2.94. The van der Waals surface area contributed by atoms with E-state index in [4.69, 9.17) is 17.3 Å². The van der Waals surface area contributed by atoms with Gasteiger partial charge in [0.15, 0.2) is 0 Å². The highest BCUT2D eigenvalue weighted by molar-refractivity contribution is 6.33. The van der Waals surface area contributed by atoms with E-state index in [1.165, 1.54) is 13.3 Å². The van der Waals surface area contributed by atoms with Gasteiger partial charge in [-0.25, -0.2) is 0 Å². The van der Waals surface area contributed by atoms with Crippen LogP contribution in [0, 0.1) is 0 Å². The highest BCUT2D eigenvalue weighted by Gasteiger charge is 2.00. The van der Waals surface area contributed by atoms with Gasteiger partial charge in [0.2, 0.25) is 0 Å². The van der Waals surface area contributed by atoms with Gasteiger partial charge < -0.3 is 10.6 Å². The molecule has 0 aromatic heterocycles. The van der Waals surface area contributed by atoms with Gasteiger partial charge in [-0.3, -0.25) is 0 Å². The number of oxime groups is 1. The molecular weight excluding hydrogens is 176 g/mol. The molecule has 0 radical (unpaired) electrons. The summed E-state index contributed by atoms with van der Waals surface area (Å²) in [4.78, 5) is 4.51. The molecular formula is C8H9ClN2O. The lowest BCUT2D eigenvalue weighted by Gasteiger charge is -2.00. The number of nitrogens with zero attached hydrogens (tertiary/aromatic N) is 1. The summed E-state index contributed by atoms with van der Waals surface area (Å²) in [6, 6.07) is 5.28. The van der Waals surface area contributed by atoms with Crippen molar-refractivity contribution >= 4 is 23.5 Å². The summed E-state index contributed by atoms with van der Waals surface area (Å²) < 4.78 is 0. The van der Waals surface area contributed by atoms with Crippen molar-refractivity contribution in [1.82, 2.24) is 0 Å². The van der Waals surface area contributed by atoms with Crippen molar-refractivity contribution in [3.63, 3.8) is 0 Å². The summed E-state index contributed by atoms with van der Waals surface area (Å²) in [7, 11) is 1.46. The first kappa shape index (κ1) is 8.87. The van der Waals surface area contributed by atoms with E-state index in [9.17, 15) is 0 Å². The molecule has 0 heterocycles. The largest absolute Gasteiger partial charge is 0.399 e. The predicted molar refractivity (Wildman–Crippen MR) is 50.5 cm³/mol. The minimum Gasteiger partial charge on any atom is -0.399 e. The van der Waals surface area contributed by atoms with Crippen LogP contribution in [-0.2, 0) is 4.84 Å². The zero-order valence-electron chi connectivity index (χ0n) is 6.62. The van der Waals surface area contributed by atoms with Crippen molar-refractivity contribution in [1.29, 1.82) is 0 Å². The minimum absolute atomic E-state index is 0.566. The van der Waals surface area contributed by atoms with Crippen LogP contribution < -0.4 is 5.73 Å². The maximum atomic E-state index is 5.84. The van der Waals surface area contributed by atoms with E-state index in [0.29, 0.717) is 16.3 Å². The van der Waals surface area contributed by atoms with Crippen molar-refractivity contribution in [2.45, 2.75) is 0 Å². The summed E-state index contributed by atoms with van der Waals surface area (Å²) in [5, 5.41) is 4.14. The molecule has 1 aromatic carbocycles. The van der Waals surface area contributed by atoms with Gasteiger partial charge in [-0.15, -0.1) is 0 Å². The smallest absolute Gasteiger partial charge is 0.106 e. The molecule has 0 aliphatic heterocycles. The Labute approximate surface area is 75.8 Å². The van der Waals surface area contributed by atoms with Gasteiger partial charge in [0.1, 0.15) is 7.11 Å². The number of nitrogens with two attached hydrogens (primary N) is 1. The maximum absolute atomic E-state index is 5.84. The van der Waals surface area contributed by atoms with Crippen LogP contribution in [0.5, 0.6) is 0 Å². The zero-order valence-corrected chi connectivity index (χ0v) is 7.38. The van der Waals surface area contributed by atoms with E-state index < -0.39 is 0 Å². The molecule has 2 N–H and O–H groups in total. The van der Waals surface area contributed by atoms with Crippen molar-refractivity contribution < 1.29 is 4.84 Å². The molecule has 1 aromatic rings. The third-order valence-electron chi connectivity index (χ3n) is 1.37. The highest BCUT2D eigenvalue weighted by Crippen LogP contribution is 2.19. The van der Waals surface area contributed by atoms with Crippen molar-refractivity contribution in [3.05, 3.63) is 28.8 Å². The average molecular weight is 185 g/mol. The van der Waals surface area contributed by atoms with Crippen LogP contribution in [0.4, 0.5) is 5.69 Å². The molecule has 0 saturated carbocycles. The zero-order chi connectivity index (χ0) is 8.97. The van der Waals surface area contributed by atoms with E-state index in [0.717, 1.165) is 0 Å². The van der Waals surface area contributed by atoms with Crippen LogP contribution in [-0.4, -0.2) is 13.3 Å². The van der Waals surface area contributed by atoms with E-state index in [1.54, 1.807) is 18.2 Å². The molecule has 0 spiro atoms. The van der Waals surface area contributed by atoms with Gasteiger partial charge in [0.05, 0.1) is 11.2 Å². The fraction of sp³-hybridized carbons (Fsp3) is 0.125. The minimum atomic E-state index is 0.566. The molecule has 4 heteroatoms. The standard InChI is InChI=1S/C8H9ClN2O/c1-12-11-5-6-7(9)3-2-4-8(6)10/h2-5H,10H2,1H3/b11-5-. The Morgan fingerprint density at radius 1 is 1.58 bits per heavy atom. The van der Waals surface area contributed by atoms with Crippen LogP contribution >= 0.6 is 11.6 Å². The van der Waals surface area contributed by atoms with Crippen LogP contribution in [0.2, 0.25) is 5.02 Å². The molecule has 0 bridgehead atoms. The number of hydrogen-bond donors (Lipinski definition) is 1. The third-order valence-corrected chi connectivity index (χ3v) is 1.70. The third kappa shape index (κ3) is 1.89. The quantitative estimate of drug-likeness (QED) is 0.434. The number of halogens is 1. The molecule has 0 aliphatic carbocycles. The lowest BCUT2D eigenvalue weighted by Crippen LogP contribution is -1.93. The summed E-state index contributed by atoms with van der Waals surface area (Å²) in [6.45, 7) is 0. The van der Waals surface area contributed by atoms with Gasteiger partial charge >= 0.3 is 0 Å². The lowest BCUT2D eigenvalue weighted by molar-refractivity contribution is 0.215. The Balaban J connectivity index is 3.04. The normalized spacial score (nSPS) is 10.5. The van der Waals surface area contributed by atoms with E-state index in [2.05, 4.69) is 9.99 Å². The van der Waals surface area contributed by atoms with Crippen molar-refractivity contribution in [3.8, 4) is 0 Å². The average Bonchev–Trinajstić information content (AvgIpc) is 2.04. The lowest BCUT2D eigenvalue weighted by atomic mass is 10.2. The summed E-state index contributed by atoms with van der Waals surface area (Å²) in [5.41, 5.74) is 6.90. The van der Waals surface area contributed by atoms with E-state index in [1.807, 2.05) is 0 Å². The number of benzene rings is 1. The molecule has 0 unspecified atom stereocenters. The van der Waals surface area contributed by atoms with Gasteiger partial charge in [-0.1, -0.05) is 22.8 Å². The first-order chi connectivity index (χ1) is 5.75. The molecule has 0 amide bonds. The second-order valence-corrected chi connectivity index (χ2v) is 2.57. The van der Waals surface area contributed by atoms with Crippen molar-refractivity contribution in [2.24, 2.45) is 5.16 Å². The van der Waals surface area contributed by atoms with Crippen LogP contribution in [0.1, 0.15) is 5.56 Å². The first-order valence-electron chi connectivity index (χ1n) is 3.36. The van der Waals surface area contributed by atoms with E-state index >= 15 is 0 Å². The second kappa shape index (κ2) is 3.97. The molecule has 0 aliphatic rings. The monoisotopic (exact) mass is 184 g/mol. The summed E-state index contributed by atoms with van der Waals surface area (Å²) >= 11 is 5.84. The molecule has 64 valence electrons. The van der Waals surface area contributed by atoms with Crippen LogP contribution in [0.3, 0.4) is 0 Å². The van der Waals surface area contributed by atoms with Crippen LogP contribution in [0.15, 0.2) is 23.4 Å². The summed E-state index contributed by atoms with van der Waals surface area (Å²) in [6.07, 6.45) is 1.48. The Bertz CT molecular complexity index is 279. The molecule has 0 fully saturated rings. The van der Waals surface area contributed by atoms with Gasteiger partial charge in [-0.2, -0.15) is 0 Å². The molecule has 0 atom stereocenters. The Morgan fingerprint density at radius 3 is 2.92 bits per heavy atom. The van der Waals surface area contributed by atoms with Gasteiger partial charge in [-0.05, 0) is 12.1 Å². The summed E-state index contributed by atoms with van der Waals surface area (Å²) in [5.74, 6) is 0. The number of nitrogen functional groups attached to an aromatic ring is 1. The predicted octanol–water partition coefficient (Wildman–Crippen LogP) is 1.90. The molecule has 0 saturated heterocycles. The fourth-order valence-electron chi connectivity index (χ4n) is 0.795. The SMILES string of the molecule is CO/N=C\c1c(N)cccc1Cl. The second-order valence-electron chi connectivity index (χ2n) is 2.16. The Hall–Kier alpha value is -1.22. The maximum Gasteiger partial charge on any atom is 0.106 e. The number of hydrogen-bond acceptors (Lipinski definition) is 3. The fourth-order valence-corrected chi connectivity index (χ4v) is 1.03. The van der Waals surface area contributed by atoms with Gasteiger partial charge in [0.25, 0.3) is 0 Å².